The van der Waals surface area contributed by atoms with Gasteiger partial charge in [-0.1, -0.05) is 0 Å². The summed E-state index contributed by atoms with van der Waals surface area (Å²) in [5.41, 5.74) is 2.86. The van der Waals surface area contributed by atoms with Crippen LogP contribution in [0.4, 0.5) is 5.82 Å². The first-order valence-electron chi connectivity index (χ1n) is 5.78. The van der Waals surface area contributed by atoms with Crippen LogP contribution in [0.15, 0.2) is 18.3 Å². The first kappa shape index (κ1) is 11.9. The van der Waals surface area contributed by atoms with E-state index >= 15 is 0 Å². The van der Waals surface area contributed by atoms with E-state index < -0.39 is 0 Å². The Labute approximate surface area is 101 Å². The SMILES string of the molecule is CC(C)(NC(=O)c1ccnc(NN)c1)C1CC1. The van der Waals surface area contributed by atoms with Gasteiger partial charge in [0, 0.05) is 17.3 Å². The maximum atomic E-state index is 12.1. The fraction of sp³-hybridized carbons (Fsp3) is 0.500. The summed E-state index contributed by atoms with van der Waals surface area (Å²) in [6, 6.07) is 3.32. The van der Waals surface area contributed by atoms with Crippen molar-refractivity contribution in [2.75, 3.05) is 5.43 Å². The molecule has 1 aliphatic carbocycles. The van der Waals surface area contributed by atoms with Crippen LogP contribution in [-0.2, 0) is 0 Å². The average Bonchev–Trinajstić information content (AvgIpc) is 3.12. The van der Waals surface area contributed by atoms with Gasteiger partial charge in [-0.2, -0.15) is 0 Å². The molecule has 5 heteroatoms. The number of carbonyl (C=O) groups is 1. The number of hydrazine groups is 1. The predicted molar refractivity (Wildman–Crippen MR) is 66.3 cm³/mol. The molecule has 1 aromatic heterocycles. The van der Waals surface area contributed by atoms with Crippen LogP contribution in [0.1, 0.15) is 37.0 Å². The second kappa shape index (κ2) is 4.33. The normalized spacial score (nSPS) is 15.5. The summed E-state index contributed by atoms with van der Waals surface area (Å²) in [6.07, 6.45) is 3.95. The van der Waals surface area contributed by atoms with E-state index in [1.165, 1.54) is 12.8 Å². The van der Waals surface area contributed by atoms with E-state index in [0.717, 1.165) is 0 Å². The molecule has 0 aliphatic heterocycles. The third-order valence-corrected chi connectivity index (χ3v) is 3.20. The molecular formula is C12H18N4O. The quantitative estimate of drug-likeness (QED) is 0.541. The van der Waals surface area contributed by atoms with Crippen LogP contribution in [0, 0.1) is 5.92 Å². The fourth-order valence-electron chi connectivity index (χ4n) is 1.92. The summed E-state index contributed by atoms with van der Waals surface area (Å²) in [7, 11) is 0. The number of nitrogens with two attached hydrogens (primary N) is 1. The van der Waals surface area contributed by atoms with Crippen molar-refractivity contribution < 1.29 is 4.79 Å². The molecule has 0 aromatic carbocycles. The zero-order valence-corrected chi connectivity index (χ0v) is 10.2. The maximum absolute atomic E-state index is 12.1. The molecule has 4 N–H and O–H groups in total. The molecule has 17 heavy (non-hydrogen) atoms. The molecule has 1 aliphatic rings. The van der Waals surface area contributed by atoms with Crippen LogP contribution in [0.2, 0.25) is 0 Å². The Balaban J connectivity index is 2.08. The number of nitrogens with zero attached hydrogens (tertiary/aromatic N) is 1. The summed E-state index contributed by atoms with van der Waals surface area (Å²) in [6.45, 7) is 4.12. The minimum Gasteiger partial charge on any atom is -0.347 e. The van der Waals surface area contributed by atoms with Crippen LogP contribution in [-0.4, -0.2) is 16.4 Å². The molecule has 1 aromatic rings. The van der Waals surface area contributed by atoms with Crippen LogP contribution in [0.25, 0.3) is 0 Å². The Hall–Kier alpha value is -1.62. The van der Waals surface area contributed by atoms with Crippen LogP contribution in [0.5, 0.6) is 0 Å². The van der Waals surface area contributed by atoms with Gasteiger partial charge in [-0.15, -0.1) is 0 Å². The molecule has 1 amide bonds. The number of nitrogen functional groups attached to an aromatic ring is 1. The number of amides is 1. The van der Waals surface area contributed by atoms with E-state index in [1.807, 2.05) is 0 Å². The zero-order chi connectivity index (χ0) is 12.5. The largest absolute Gasteiger partial charge is 0.347 e. The monoisotopic (exact) mass is 234 g/mol. The number of nitrogens with one attached hydrogen (secondary N) is 2. The van der Waals surface area contributed by atoms with Gasteiger partial charge < -0.3 is 10.7 Å². The third-order valence-electron chi connectivity index (χ3n) is 3.20. The second-order valence-electron chi connectivity index (χ2n) is 5.02. The van der Waals surface area contributed by atoms with Gasteiger partial charge in [0.2, 0.25) is 0 Å². The Morgan fingerprint density at radius 1 is 1.53 bits per heavy atom. The molecule has 0 bridgehead atoms. The van der Waals surface area contributed by atoms with Gasteiger partial charge in [0.1, 0.15) is 5.82 Å². The molecule has 0 unspecified atom stereocenters. The first-order chi connectivity index (χ1) is 8.03. The third kappa shape index (κ3) is 2.74. The molecule has 92 valence electrons. The topological polar surface area (TPSA) is 80.0 Å². The first-order valence-corrected chi connectivity index (χ1v) is 5.78. The summed E-state index contributed by atoms with van der Waals surface area (Å²) in [4.78, 5) is 16.0. The van der Waals surface area contributed by atoms with Gasteiger partial charge in [-0.25, -0.2) is 10.8 Å². The Morgan fingerprint density at radius 2 is 2.24 bits per heavy atom. The van der Waals surface area contributed by atoms with Gasteiger partial charge in [0.25, 0.3) is 5.91 Å². The molecule has 0 radical (unpaired) electrons. The number of aromatic nitrogens is 1. The number of hydrogen-bond donors (Lipinski definition) is 3. The highest BCUT2D eigenvalue weighted by atomic mass is 16.1. The van der Waals surface area contributed by atoms with E-state index in [9.17, 15) is 4.79 Å². The summed E-state index contributed by atoms with van der Waals surface area (Å²) in [5.74, 6) is 6.26. The van der Waals surface area contributed by atoms with Gasteiger partial charge >= 0.3 is 0 Å². The van der Waals surface area contributed by atoms with Crippen molar-refractivity contribution in [3.05, 3.63) is 23.9 Å². The lowest BCUT2D eigenvalue weighted by Gasteiger charge is -2.26. The van der Waals surface area contributed by atoms with Crippen LogP contribution < -0.4 is 16.6 Å². The lowest BCUT2D eigenvalue weighted by molar-refractivity contribution is 0.0903. The van der Waals surface area contributed by atoms with Crippen molar-refractivity contribution in [3.8, 4) is 0 Å². The Kier molecular flexibility index (Phi) is 3.02. The highest BCUT2D eigenvalue weighted by Gasteiger charge is 2.38. The minimum absolute atomic E-state index is 0.0826. The molecule has 0 saturated heterocycles. The number of pyridine rings is 1. The van der Waals surface area contributed by atoms with Gasteiger partial charge in [-0.05, 0) is 44.7 Å². The van der Waals surface area contributed by atoms with E-state index in [-0.39, 0.29) is 11.4 Å². The maximum Gasteiger partial charge on any atom is 0.251 e. The highest BCUT2D eigenvalue weighted by Crippen LogP contribution is 2.39. The van der Waals surface area contributed by atoms with E-state index in [4.69, 9.17) is 5.84 Å². The smallest absolute Gasteiger partial charge is 0.251 e. The van der Waals surface area contributed by atoms with Crippen molar-refractivity contribution in [1.82, 2.24) is 10.3 Å². The number of anilines is 1. The number of carbonyl (C=O) groups excluding carboxylic acids is 1. The molecule has 1 saturated carbocycles. The van der Waals surface area contributed by atoms with Crippen molar-refractivity contribution in [3.63, 3.8) is 0 Å². The van der Waals surface area contributed by atoms with Crippen LogP contribution in [0.3, 0.4) is 0 Å². The average molecular weight is 234 g/mol. The van der Waals surface area contributed by atoms with Gasteiger partial charge in [0.15, 0.2) is 0 Å². The minimum atomic E-state index is -0.142. The number of hydrogen-bond acceptors (Lipinski definition) is 4. The van der Waals surface area contributed by atoms with Crippen molar-refractivity contribution >= 4 is 11.7 Å². The summed E-state index contributed by atoms with van der Waals surface area (Å²) >= 11 is 0. The fourth-order valence-corrected chi connectivity index (χ4v) is 1.92. The summed E-state index contributed by atoms with van der Waals surface area (Å²) < 4.78 is 0. The molecule has 1 fully saturated rings. The molecule has 2 rings (SSSR count). The lowest BCUT2D eigenvalue weighted by atomic mass is 9.98. The van der Waals surface area contributed by atoms with Crippen molar-refractivity contribution in [2.45, 2.75) is 32.2 Å². The summed E-state index contributed by atoms with van der Waals surface area (Å²) in [5, 5.41) is 3.05. The second-order valence-corrected chi connectivity index (χ2v) is 5.02. The van der Waals surface area contributed by atoms with Crippen molar-refractivity contribution in [1.29, 1.82) is 0 Å². The predicted octanol–water partition coefficient (Wildman–Crippen LogP) is 1.29. The Bertz CT molecular complexity index is 426. The Morgan fingerprint density at radius 3 is 2.82 bits per heavy atom. The molecular weight excluding hydrogens is 216 g/mol. The lowest BCUT2D eigenvalue weighted by Crippen LogP contribution is -2.45. The highest BCUT2D eigenvalue weighted by molar-refractivity contribution is 5.95. The zero-order valence-electron chi connectivity index (χ0n) is 10.2. The van der Waals surface area contributed by atoms with E-state index in [2.05, 4.69) is 29.6 Å². The van der Waals surface area contributed by atoms with Crippen molar-refractivity contribution in [2.24, 2.45) is 11.8 Å². The van der Waals surface area contributed by atoms with Crippen LogP contribution >= 0.6 is 0 Å². The molecule has 0 atom stereocenters. The molecule has 5 nitrogen and oxygen atoms in total. The number of rotatable bonds is 4. The van der Waals surface area contributed by atoms with Gasteiger partial charge in [0.05, 0.1) is 0 Å². The molecule has 0 spiro atoms. The standard InChI is InChI=1S/C12H18N4O/c1-12(2,9-3-4-9)15-11(17)8-5-6-14-10(7-8)16-13/h5-7,9H,3-4,13H2,1-2H3,(H,14,16)(H,15,17). The van der Waals surface area contributed by atoms with Gasteiger partial charge in [-0.3, -0.25) is 4.79 Å². The van der Waals surface area contributed by atoms with E-state index in [0.29, 0.717) is 17.3 Å². The van der Waals surface area contributed by atoms with E-state index in [1.54, 1.807) is 18.3 Å². The molecule has 1 heterocycles.